The highest BCUT2D eigenvalue weighted by molar-refractivity contribution is 5.79. The number of amides is 2. The van der Waals surface area contributed by atoms with Crippen molar-refractivity contribution in [2.75, 3.05) is 26.7 Å². The number of carboxylic acid groups (broad SMARTS) is 1. The molecule has 170 valence electrons. The normalized spacial score (nSPS) is 13.1. The summed E-state index contributed by atoms with van der Waals surface area (Å²) in [4.78, 5) is 36.7. The third-order valence-corrected chi connectivity index (χ3v) is 6.01. The van der Waals surface area contributed by atoms with Crippen LogP contribution in [0.2, 0.25) is 0 Å². The third-order valence-electron chi connectivity index (χ3n) is 6.01. The lowest BCUT2D eigenvalue weighted by Gasteiger charge is -2.21. The van der Waals surface area contributed by atoms with Crippen LogP contribution in [0.15, 0.2) is 48.5 Å². The number of carbonyl (C=O) groups excluding carboxylic acids is 2. The first-order valence-electron chi connectivity index (χ1n) is 10.9. The van der Waals surface area contributed by atoms with Gasteiger partial charge in [-0.3, -0.25) is 9.59 Å². The number of nitrogens with one attached hydrogen (secondary N) is 1. The van der Waals surface area contributed by atoms with Crippen LogP contribution >= 0.6 is 0 Å². The van der Waals surface area contributed by atoms with E-state index < -0.39 is 12.1 Å². The fourth-order valence-electron chi connectivity index (χ4n) is 4.03. The summed E-state index contributed by atoms with van der Waals surface area (Å²) >= 11 is 0. The molecule has 1 atom stereocenters. The number of ether oxygens (including phenoxy) is 1. The summed E-state index contributed by atoms with van der Waals surface area (Å²) in [5.74, 6) is -1.11. The van der Waals surface area contributed by atoms with Crippen molar-refractivity contribution in [3.63, 3.8) is 0 Å². The van der Waals surface area contributed by atoms with E-state index in [2.05, 4.69) is 29.6 Å². The summed E-state index contributed by atoms with van der Waals surface area (Å²) in [5.41, 5.74) is 4.66. The molecule has 2 N–H and O–H groups in total. The molecule has 1 aliphatic rings. The van der Waals surface area contributed by atoms with Gasteiger partial charge in [-0.15, -0.1) is 0 Å². The fourth-order valence-corrected chi connectivity index (χ4v) is 4.03. The Bertz CT molecular complexity index is 929. The van der Waals surface area contributed by atoms with Crippen LogP contribution in [0.3, 0.4) is 0 Å². The number of carbonyl (C=O) groups is 3. The molecule has 3 rings (SSSR count). The Kier molecular flexibility index (Phi) is 7.87. The number of hydrogen-bond acceptors (Lipinski definition) is 4. The molecule has 2 aromatic rings. The summed E-state index contributed by atoms with van der Waals surface area (Å²) < 4.78 is 5.54. The minimum absolute atomic E-state index is 0.000385. The number of alkyl carbamates (subject to hydrolysis) is 1. The molecule has 1 aliphatic carbocycles. The summed E-state index contributed by atoms with van der Waals surface area (Å²) in [7, 11) is 1.59. The van der Waals surface area contributed by atoms with Gasteiger partial charge < -0.3 is 20.1 Å². The Morgan fingerprint density at radius 2 is 1.66 bits per heavy atom. The molecular formula is C25H30N2O5. The zero-order chi connectivity index (χ0) is 23.1. The van der Waals surface area contributed by atoms with E-state index in [9.17, 15) is 14.4 Å². The number of carboxylic acids is 1. The molecule has 0 radical (unpaired) electrons. The van der Waals surface area contributed by atoms with Crippen LogP contribution in [0.1, 0.15) is 43.2 Å². The summed E-state index contributed by atoms with van der Waals surface area (Å²) in [6, 6.07) is 16.3. The van der Waals surface area contributed by atoms with Gasteiger partial charge in [0.05, 0.1) is 6.42 Å². The van der Waals surface area contributed by atoms with E-state index in [1.807, 2.05) is 31.2 Å². The topological polar surface area (TPSA) is 95.9 Å². The van der Waals surface area contributed by atoms with Gasteiger partial charge in [-0.25, -0.2) is 4.79 Å². The van der Waals surface area contributed by atoms with Crippen LogP contribution in [0.5, 0.6) is 0 Å². The minimum atomic E-state index is -0.936. The Morgan fingerprint density at radius 3 is 2.22 bits per heavy atom. The quantitative estimate of drug-likeness (QED) is 0.587. The predicted octanol–water partition coefficient (Wildman–Crippen LogP) is 3.87. The highest BCUT2D eigenvalue weighted by Crippen LogP contribution is 2.44. The molecule has 0 aliphatic heterocycles. The molecule has 0 heterocycles. The number of benzene rings is 2. The van der Waals surface area contributed by atoms with Crippen molar-refractivity contribution in [1.29, 1.82) is 0 Å². The fraction of sp³-hybridized carbons (Fsp3) is 0.400. The van der Waals surface area contributed by atoms with Crippen LogP contribution in [-0.4, -0.2) is 54.7 Å². The van der Waals surface area contributed by atoms with Crippen LogP contribution in [-0.2, 0) is 14.3 Å². The summed E-state index contributed by atoms with van der Waals surface area (Å²) in [5, 5.41) is 11.5. The van der Waals surface area contributed by atoms with Gasteiger partial charge in [-0.05, 0) is 28.2 Å². The first-order chi connectivity index (χ1) is 15.4. The van der Waals surface area contributed by atoms with E-state index in [-0.39, 0.29) is 43.7 Å². The Hall–Kier alpha value is -3.35. The molecule has 32 heavy (non-hydrogen) atoms. The predicted molar refractivity (Wildman–Crippen MR) is 121 cm³/mol. The largest absolute Gasteiger partial charge is 0.481 e. The van der Waals surface area contributed by atoms with Crippen molar-refractivity contribution < 1.29 is 24.2 Å². The molecule has 0 saturated carbocycles. The van der Waals surface area contributed by atoms with Gasteiger partial charge in [0.15, 0.2) is 0 Å². The second-order valence-electron chi connectivity index (χ2n) is 8.14. The number of fused-ring (bicyclic) bond motifs is 3. The van der Waals surface area contributed by atoms with Gasteiger partial charge in [0.2, 0.25) is 5.91 Å². The standard InChI is InChI=1S/C25H30N2O5/c1-3-17(14-23(28)27(2)13-12-24(29)30)15-26-25(31)32-16-22-20-10-6-4-8-18(20)19-9-5-7-11-21(19)22/h4-11,17,22H,3,12-16H2,1-2H3,(H,26,31)(H,29,30). The van der Waals surface area contributed by atoms with Gasteiger partial charge in [-0.2, -0.15) is 0 Å². The number of hydrogen-bond donors (Lipinski definition) is 2. The zero-order valence-electron chi connectivity index (χ0n) is 18.5. The molecule has 2 amide bonds. The first-order valence-corrected chi connectivity index (χ1v) is 10.9. The van der Waals surface area contributed by atoms with Crippen LogP contribution < -0.4 is 5.32 Å². The summed E-state index contributed by atoms with van der Waals surface area (Å²) in [6.07, 6.45) is 0.368. The minimum Gasteiger partial charge on any atom is -0.481 e. The lowest BCUT2D eigenvalue weighted by molar-refractivity contribution is -0.138. The molecule has 7 heteroatoms. The van der Waals surface area contributed by atoms with Crippen molar-refractivity contribution in [2.45, 2.75) is 32.1 Å². The van der Waals surface area contributed by atoms with Gasteiger partial charge in [0, 0.05) is 32.5 Å². The average molecular weight is 439 g/mol. The second-order valence-corrected chi connectivity index (χ2v) is 8.14. The molecule has 7 nitrogen and oxygen atoms in total. The highest BCUT2D eigenvalue weighted by atomic mass is 16.5. The summed E-state index contributed by atoms with van der Waals surface area (Å²) in [6.45, 7) is 2.69. The Balaban J connectivity index is 1.50. The molecule has 0 bridgehead atoms. The molecule has 0 saturated heterocycles. The molecular weight excluding hydrogens is 408 g/mol. The van der Waals surface area contributed by atoms with E-state index in [1.165, 1.54) is 16.0 Å². The van der Waals surface area contributed by atoms with Gasteiger partial charge in [0.25, 0.3) is 0 Å². The molecule has 1 unspecified atom stereocenters. The first kappa shape index (κ1) is 23.3. The van der Waals surface area contributed by atoms with Crippen molar-refractivity contribution in [2.24, 2.45) is 5.92 Å². The molecule has 0 aromatic heterocycles. The molecule has 0 spiro atoms. The maximum Gasteiger partial charge on any atom is 0.407 e. The average Bonchev–Trinajstić information content (AvgIpc) is 3.12. The van der Waals surface area contributed by atoms with E-state index in [0.717, 1.165) is 11.1 Å². The van der Waals surface area contributed by atoms with E-state index in [4.69, 9.17) is 9.84 Å². The van der Waals surface area contributed by atoms with Crippen LogP contribution in [0.25, 0.3) is 11.1 Å². The Morgan fingerprint density at radius 1 is 1.06 bits per heavy atom. The van der Waals surface area contributed by atoms with Crippen molar-refractivity contribution >= 4 is 18.0 Å². The second kappa shape index (κ2) is 10.8. The van der Waals surface area contributed by atoms with Crippen molar-refractivity contribution in [3.8, 4) is 11.1 Å². The van der Waals surface area contributed by atoms with Crippen molar-refractivity contribution in [3.05, 3.63) is 59.7 Å². The molecule has 2 aromatic carbocycles. The maximum absolute atomic E-state index is 12.3. The lowest BCUT2D eigenvalue weighted by Crippen LogP contribution is -2.35. The van der Waals surface area contributed by atoms with Crippen LogP contribution in [0.4, 0.5) is 4.79 Å². The zero-order valence-corrected chi connectivity index (χ0v) is 18.5. The van der Waals surface area contributed by atoms with Gasteiger partial charge >= 0.3 is 12.1 Å². The third kappa shape index (κ3) is 5.66. The lowest BCUT2D eigenvalue weighted by atomic mass is 9.98. The monoisotopic (exact) mass is 438 g/mol. The molecule has 0 fully saturated rings. The number of rotatable bonds is 10. The van der Waals surface area contributed by atoms with Gasteiger partial charge in [-0.1, -0.05) is 61.9 Å². The van der Waals surface area contributed by atoms with E-state index in [1.54, 1.807) is 7.05 Å². The van der Waals surface area contributed by atoms with Crippen molar-refractivity contribution in [1.82, 2.24) is 10.2 Å². The van der Waals surface area contributed by atoms with E-state index in [0.29, 0.717) is 13.0 Å². The highest BCUT2D eigenvalue weighted by Gasteiger charge is 2.29. The Labute approximate surface area is 188 Å². The number of aliphatic carboxylic acids is 1. The smallest absolute Gasteiger partial charge is 0.407 e. The van der Waals surface area contributed by atoms with Gasteiger partial charge in [0.1, 0.15) is 6.61 Å². The maximum atomic E-state index is 12.3. The number of nitrogens with zero attached hydrogens (tertiary/aromatic N) is 1. The van der Waals surface area contributed by atoms with Crippen LogP contribution in [0, 0.1) is 5.92 Å². The SMILES string of the molecule is CCC(CNC(=O)OCC1c2ccccc2-c2ccccc21)CC(=O)N(C)CCC(=O)O. The van der Waals surface area contributed by atoms with E-state index >= 15 is 0 Å².